The molecule has 2 aromatic carbocycles. The van der Waals surface area contributed by atoms with Crippen molar-refractivity contribution < 1.29 is 9.53 Å². The number of esters is 1. The topological polar surface area (TPSA) is 52.1 Å². The molecule has 0 aliphatic carbocycles. The van der Waals surface area contributed by atoms with Gasteiger partial charge in [0, 0.05) is 11.1 Å². The van der Waals surface area contributed by atoms with Crippen LogP contribution < -0.4 is 0 Å². The molecule has 0 saturated carbocycles. The molecule has 3 aromatic rings. The minimum absolute atomic E-state index is 0.318. The van der Waals surface area contributed by atoms with Crippen LogP contribution in [0.5, 0.6) is 0 Å². The van der Waals surface area contributed by atoms with Gasteiger partial charge in [0.1, 0.15) is 10.9 Å². The van der Waals surface area contributed by atoms with Gasteiger partial charge in [-0.2, -0.15) is 0 Å². The van der Waals surface area contributed by atoms with Crippen LogP contribution in [0.1, 0.15) is 21.7 Å². The van der Waals surface area contributed by atoms with Gasteiger partial charge in [-0.3, -0.25) is 0 Å². The van der Waals surface area contributed by atoms with Gasteiger partial charge in [-0.05, 0) is 30.7 Å². The zero-order chi connectivity index (χ0) is 16.2. The van der Waals surface area contributed by atoms with Crippen LogP contribution in [0.25, 0.3) is 10.9 Å². The van der Waals surface area contributed by atoms with Crippen LogP contribution in [0, 0.1) is 6.92 Å². The summed E-state index contributed by atoms with van der Waals surface area (Å²) in [6, 6.07) is 15.5. The quantitative estimate of drug-likeness (QED) is 0.412. The number of hydrogen-bond acceptors (Lipinski definition) is 5. The number of aryl methyl sites for hydroxylation is 1. The van der Waals surface area contributed by atoms with Gasteiger partial charge >= 0.3 is 5.97 Å². The van der Waals surface area contributed by atoms with Crippen molar-refractivity contribution in [2.75, 3.05) is 7.11 Å². The number of rotatable bonds is 4. The summed E-state index contributed by atoms with van der Waals surface area (Å²) in [6.07, 6.45) is 0. The molecule has 3 rings (SSSR count). The number of carbonyl (C=O) groups excluding carboxylic acids is 1. The molecule has 5 heteroatoms. The van der Waals surface area contributed by atoms with Crippen LogP contribution in [-0.4, -0.2) is 23.0 Å². The van der Waals surface area contributed by atoms with Crippen molar-refractivity contribution in [3.05, 3.63) is 65.5 Å². The van der Waals surface area contributed by atoms with Crippen molar-refractivity contribution in [3.63, 3.8) is 0 Å². The summed E-state index contributed by atoms with van der Waals surface area (Å²) in [6.45, 7) is 1.90. The molecular formula is C18H16N2O2S. The zero-order valence-corrected chi connectivity index (χ0v) is 13.8. The minimum Gasteiger partial charge on any atom is -0.465 e. The van der Waals surface area contributed by atoms with Crippen molar-refractivity contribution in [1.29, 1.82) is 0 Å². The number of aromatic nitrogens is 2. The van der Waals surface area contributed by atoms with E-state index in [1.54, 1.807) is 23.9 Å². The number of benzene rings is 2. The molecule has 23 heavy (non-hydrogen) atoms. The van der Waals surface area contributed by atoms with Gasteiger partial charge in [-0.1, -0.05) is 30.3 Å². The molecule has 0 N–H and O–H groups in total. The summed E-state index contributed by atoms with van der Waals surface area (Å²) in [5.74, 6) is 1.23. The van der Waals surface area contributed by atoms with Crippen LogP contribution in [0.3, 0.4) is 0 Å². The highest BCUT2D eigenvalue weighted by molar-refractivity contribution is 7.98. The van der Waals surface area contributed by atoms with Crippen LogP contribution in [0.15, 0.2) is 53.6 Å². The largest absolute Gasteiger partial charge is 0.465 e. The van der Waals surface area contributed by atoms with Gasteiger partial charge < -0.3 is 4.74 Å². The lowest BCUT2D eigenvalue weighted by atomic mass is 10.1. The predicted octanol–water partition coefficient (Wildman–Crippen LogP) is 4.02. The predicted molar refractivity (Wildman–Crippen MR) is 91.6 cm³/mol. The first-order chi connectivity index (χ1) is 11.2. The Labute approximate surface area is 138 Å². The number of hydrogen-bond donors (Lipinski definition) is 0. The SMILES string of the molecule is COC(=O)c1ccc(CSc2nc(C)nc3ccccc23)cc1. The highest BCUT2D eigenvalue weighted by atomic mass is 32.2. The van der Waals surface area contributed by atoms with Crippen LogP contribution in [0.4, 0.5) is 0 Å². The number of nitrogens with zero attached hydrogens (tertiary/aromatic N) is 2. The Hall–Kier alpha value is -2.40. The van der Waals surface area contributed by atoms with Crippen LogP contribution in [0.2, 0.25) is 0 Å². The molecule has 0 fully saturated rings. The van der Waals surface area contributed by atoms with E-state index < -0.39 is 0 Å². The van der Waals surface area contributed by atoms with E-state index in [1.165, 1.54) is 7.11 Å². The molecular weight excluding hydrogens is 308 g/mol. The maximum absolute atomic E-state index is 11.4. The van der Waals surface area contributed by atoms with Gasteiger partial charge in [-0.25, -0.2) is 14.8 Å². The summed E-state index contributed by atoms with van der Waals surface area (Å²) >= 11 is 1.67. The Morgan fingerprint density at radius 1 is 1.09 bits per heavy atom. The molecule has 0 unspecified atom stereocenters. The molecule has 116 valence electrons. The van der Waals surface area contributed by atoms with Crippen molar-refractivity contribution in [2.24, 2.45) is 0 Å². The minimum atomic E-state index is -0.318. The Morgan fingerprint density at radius 3 is 2.57 bits per heavy atom. The Morgan fingerprint density at radius 2 is 1.83 bits per heavy atom. The van der Waals surface area contributed by atoms with Crippen molar-refractivity contribution in [1.82, 2.24) is 9.97 Å². The number of carbonyl (C=O) groups is 1. The van der Waals surface area contributed by atoms with Crippen molar-refractivity contribution >= 4 is 28.6 Å². The second kappa shape index (κ2) is 6.79. The van der Waals surface area contributed by atoms with E-state index in [0.29, 0.717) is 5.56 Å². The van der Waals surface area contributed by atoms with E-state index >= 15 is 0 Å². The van der Waals surface area contributed by atoms with E-state index in [-0.39, 0.29) is 5.97 Å². The van der Waals surface area contributed by atoms with Crippen molar-refractivity contribution in [2.45, 2.75) is 17.7 Å². The lowest BCUT2D eigenvalue weighted by Gasteiger charge is -2.07. The van der Waals surface area contributed by atoms with Crippen LogP contribution in [-0.2, 0) is 10.5 Å². The second-order valence-corrected chi connectivity index (χ2v) is 6.03. The first-order valence-electron chi connectivity index (χ1n) is 7.21. The van der Waals surface area contributed by atoms with Crippen molar-refractivity contribution in [3.8, 4) is 0 Å². The fraction of sp³-hybridized carbons (Fsp3) is 0.167. The fourth-order valence-electron chi connectivity index (χ4n) is 2.28. The molecule has 0 aliphatic rings. The molecule has 0 radical (unpaired) electrons. The number of para-hydroxylation sites is 1. The Bertz CT molecular complexity index is 847. The first-order valence-corrected chi connectivity index (χ1v) is 8.19. The molecule has 0 saturated heterocycles. The summed E-state index contributed by atoms with van der Waals surface area (Å²) in [5, 5.41) is 2.04. The number of fused-ring (bicyclic) bond motifs is 1. The van der Waals surface area contributed by atoms with Gasteiger partial charge in [-0.15, -0.1) is 11.8 Å². The zero-order valence-electron chi connectivity index (χ0n) is 12.9. The summed E-state index contributed by atoms with van der Waals surface area (Å²) in [5.41, 5.74) is 2.65. The highest BCUT2D eigenvalue weighted by Gasteiger charge is 2.08. The number of methoxy groups -OCH3 is 1. The highest BCUT2D eigenvalue weighted by Crippen LogP contribution is 2.28. The van der Waals surface area contributed by atoms with E-state index in [1.807, 2.05) is 43.3 Å². The molecule has 0 amide bonds. The molecule has 0 spiro atoms. The average molecular weight is 324 g/mol. The van der Waals surface area contributed by atoms with Gasteiger partial charge in [0.25, 0.3) is 0 Å². The molecule has 4 nitrogen and oxygen atoms in total. The van der Waals surface area contributed by atoms with Crippen LogP contribution >= 0.6 is 11.8 Å². The van der Waals surface area contributed by atoms with Gasteiger partial charge in [0.15, 0.2) is 0 Å². The maximum Gasteiger partial charge on any atom is 0.337 e. The first kappa shape index (κ1) is 15.5. The molecule has 0 aliphatic heterocycles. The fourth-order valence-corrected chi connectivity index (χ4v) is 3.30. The summed E-state index contributed by atoms with van der Waals surface area (Å²) in [4.78, 5) is 20.5. The summed E-state index contributed by atoms with van der Waals surface area (Å²) in [7, 11) is 1.38. The molecule has 0 bridgehead atoms. The van der Waals surface area contributed by atoms with Gasteiger partial charge in [0.2, 0.25) is 0 Å². The third-order valence-electron chi connectivity index (χ3n) is 3.43. The third kappa shape index (κ3) is 3.51. The standard InChI is InChI=1S/C18H16N2O2S/c1-12-19-16-6-4-3-5-15(16)17(20-12)23-11-13-7-9-14(10-8-13)18(21)22-2/h3-10H,11H2,1-2H3. The smallest absolute Gasteiger partial charge is 0.337 e. The van der Waals surface area contributed by atoms with E-state index in [9.17, 15) is 4.79 Å². The third-order valence-corrected chi connectivity index (χ3v) is 4.49. The Balaban J connectivity index is 1.79. The van der Waals surface area contributed by atoms with Gasteiger partial charge in [0.05, 0.1) is 18.2 Å². The number of ether oxygens (including phenoxy) is 1. The second-order valence-electron chi connectivity index (χ2n) is 5.07. The summed E-state index contributed by atoms with van der Waals surface area (Å²) < 4.78 is 4.71. The maximum atomic E-state index is 11.4. The van der Waals surface area contributed by atoms with E-state index in [4.69, 9.17) is 4.74 Å². The van der Waals surface area contributed by atoms with E-state index in [0.717, 1.165) is 33.1 Å². The molecule has 0 atom stereocenters. The Kier molecular flexibility index (Phi) is 4.57. The number of thioether (sulfide) groups is 1. The average Bonchev–Trinajstić information content (AvgIpc) is 2.59. The van der Waals surface area contributed by atoms with E-state index in [2.05, 4.69) is 9.97 Å². The molecule has 1 heterocycles. The monoisotopic (exact) mass is 324 g/mol. The lowest BCUT2D eigenvalue weighted by molar-refractivity contribution is 0.0600. The lowest BCUT2D eigenvalue weighted by Crippen LogP contribution is -2.00. The normalized spacial score (nSPS) is 10.7. The molecule has 1 aromatic heterocycles.